The molecule has 2 aromatic rings. The van der Waals surface area contributed by atoms with Gasteiger partial charge >= 0.3 is 0 Å². The Bertz CT molecular complexity index is 530. The van der Waals surface area contributed by atoms with Crippen LogP contribution in [0, 0.1) is 5.92 Å². The number of nitrogens with one attached hydrogen (secondary N) is 1. The van der Waals surface area contributed by atoms with E-state index in [1.54, 1.807) is 0 Å². The Morgan fingerprint density at radius 1 is 1.15 bits per heavy atom. The number of hydrogen-bond donors (Lipinski definition) is 1. The molecule has 2 atom stereocenters. The summed E-state index contributed by atoms with van der Waals surface area (Å²) in [6, 6.07) is 8.95. The van der Waals surface area contributed by atoms with Crippen LogP contribution in [0.15, 0.2) is 36.7 Å². The van der Waals surface area contributed by atoms with Gasteiger partial charge in [-0.2, -0.15) is 0 Å². The summed E-state index contributed by atoms with van der Waals surface area (Å²) < 4.78 is 0. The average molecular weight is 270 g/mol. The van der Waals surface area contributed by atoms with Crippen LogP contribution >= 0.6 is 0 Å². The zero-order chi connectivity index (χ0) is 14.4. The minimum absolute atomic E-state index is 0.394. The lowest BCUT2D eigenvalue weighted by Gasteiger charge is -2.27. The summed E-state index contributed by atoms with van der Waals surface area (Å²) in [5, 5.41) is 6.09. The molecule has 2 rings (SSSR count). The van der Waals surface area contributed by atoms with Crippen LogP contribution in [-0.4, -0.2) is 12.0 Å². The van der Waals surface area contributed by atoms with Crippen LogP contribution in [-0.2, 0) is 0 Å². The molecule has 108 valence electrons. The molecule has 0 amide bonds. The van der Waals surface area contributed by atoms with Crippen LogP contribution in [0.1, 0.15) is 51.1 Å². The number of rotatable bonds is 7. The molecule has 2 nitrogen and oxygen atoms in total. The quantitative estimate of drug-likeness (QED) is 0.788. The topological polar surface area (TPSA) is 24.9 Å². The summed E-state index contributed by atoms with van der Waals surface area (Å²) in [7, 11) is 2.07. The van der Waals surface area contributed by atoms with Crippen molar-refractivity contribution in [3.05, 3.63) is 42.2 Å². The molecule has 20 heavy (non-hydrogen) atoms. The number of pyridine rings is 1. The average Bonchev–Trinajstić information content (AvgIpc) is 2.51. The lowest BCUT2D eigenvalue weighted by Crippen LogP contribution is -2.25. The zero-order valence-corrected chi connectivity index (χ0v) is 12.9. The van der Waals surface area contributed by atoms with E-state index in [-0.39, 0.29) is 0 Å². The normalized spacial score (nSPS) is 14.3. The first kappa shape index (κ1) is 15.0. The van der Waals surface area contributed by atoms with Crippen molar-refractivity contribution >= 4 is 10.8 Å². The van der Waals surface area contributed by atoms with Crippen molar-refractivity contribution in [1.82, 2.24) is 10.3 Å². The second-order valence-electron chi connectivity index (χ2n) is 5.53. The molecule has 0 spiro atoms. The van der Waals surface area contributed by atoms with Crippen molar-refractivity contribution in [2.45, 2.75) is 45.6 Å². The van der Waals surface area contributed by atoms with Gasteiger partial charge in [-0.15, -0.1) is 0 Å². The first-order valence-electron chi connectivity index (χ1n) is 7.81. The highest BCUT2D eigenvalue weighted by Crippen LogP contribution is 2.32. The maximum absolute atomic E-state index is 4.44. The van der Waals surface area contributed by atoms with Gasteiger partial charge in [0.2, 0.25) is 0 Å². The highest BCUT2D eigenvalue weighted by Gasteiger charge is 2.21. The second kappa shape index (κ2) is 7.39. The molecule has 2 unspecified atom stereocenters. The number of hydrogen-bond acceptors (Lipinski definition) is 2. The summed E-state index contributed by atoms with van der Waals surface area (Å²) in [6.07, 6.45) is 9.04. The minimum Gasteiger partial charge on any atom is -0.313 e. The van der Waals surface area contributed by atoms with Gasteiger partial charge in [-0.05, 0) is 30.3 Å². The molecule has 1 heterocycles. The van der Waals surface area contributed by atoms with Crippen LogP contribution in [0.3, 0.4) is 0 Å². The SMILES string of the molecule is CCCCC(CC)C(NC)c1cncc2ccccc12. The summed E-state index contributed by atoms with van der Waals surface area (Å²) in [5.74, 6) is 0.674. The Morgan fingerprint density at radius 3 is 2.65 bits per heavy atom. The minimum atomic E-state index is 0.394. The maximum atomic E-state index is 4.44. The number of benzene rings is 1. The van der Waals surface area contributed by atoms with Crippen molar-refractivity contribution in [3.8, 4) is 0 Å². The third-order valence-electron chi connectivity index (χ3n) is 4.27. The van der Waals surface area contributed by atoms with Crippen LogP contribution in [0.4, 0.5) is 0 Å². The monoisotopic (exact) mass is 270 g/mol. The Balaban J connectivity index is 2.37. The number of nitrogens with zero attached hydrogens (tertiary/aromatic N) is 1. The van der Waals surface area contributed by atoms with Crippen LogP contribution in [0.2, 0.25) is 0 Å². The number of aromatic nitrogens is 1. The van der Waals surface area contributed by atoms with Crippen molar-refractivity contribution in [1.29, 1.82) is 0 Å². The van der Waals surface area contributed by atoms with E-state index in [0.29, 0.717) is 12.0 Å². The molecule has 0 bridgehead atoms. The first-order valence-corrected chi connectivity index (χ1v) is 7.81. The molecule has 0 aliphatic carbocycles. The molecular weight excluding hydrogens is 244 g/mol. The molecule has 2 heteroatoms. The van der Waals surface area contributed by atoms with Gasteiger partial charge in [-0.3, -0.25) is 4.98 Å². The highest BCUT2D eigenvalue weighted by atomic mass is 14.9. The fourth-order valence-electron chi connectivity index (χ4n) is 3.11. The molecular formula is C18H26N2. The van der Waals surface area contributed by atoms with Gasteiger partial charge in [-0.1, -0.05) is 57.4 Å². The first-order chi connectivity index (χ1) is 9.81. The van der Waals surface area contributed by atoms with Crippen LogP contribution < -0.4 is 5.32 Å². The van der Waals surface area contributed by atoms with Gasteiger partial charge in [-0.25, -0.2) is 0 Å². The summed E-state index contributed by atoms with van der Waals surface area (Å²) in [5.41, 5.74) is 1.34. The molecule has 0 saturated heterocycles. The molecule has 0 fully saturated rings. The van der Waals surface area contributed by atoms with Gasteiger partial charge in [0.15, 0.2) is 0 Å². The van der Waals surface area contributed by atoms with Crippen molar-refractivity contribution in [3.63, 3.8) is 0 Å². The fourth-order valence-corrected chi connectivity index (χ4v) is 3.11. The van der Waals surface area contributed by atoms with Crippen molar-refractivity contribution < 1.29 is 0 Å². The second-order valence-corrected chi connectivity index (χ2v) is 5.53. The molecule has 0 aliphatic rings. The van der Waals surface area contributed by atoms with Gasteiger partial charge in [0.1, 0.15) is 0 Å². The third kappa shape index (κ3) is 3.18. The molecule has 1 N–H and O–H groups in total. The van der Waals surface area contributed by atoms with E-state index in [1.165, 1.54) is 42.0 Å². The summed E-state index contributed by atoms with van der Waals surface area (Å²) in [4.78, 5) is 4.44. The fraction of sp³-hybridized carbons (Fsp3) is 0.500. The van der Waals surface area contributed by atoms with Gasteiger partial charge in [0.25, 0.3) is 0 Å². The van der Waals surface area contributed by atoms with Gasteiger partial charge in [0, 0.05) is 23.8 Å². The van der Waals surface area contributed by atoms with E-state index in [9.17, 15) is 0 Å². The maximum Gasteiger partial charge on any atom is 0.0367 e. The lowest BCUT2D eigenvalue weighted by molar-refractivity contribution is 0.340. The van der Waals surface area contributed by atoms with E-state index in [1.807, 2.05) is 12.4 Å². The van der Waals surface area contributed by atoms with Gasteiger partial charge < -0.3 is 5.32 Å². The van der Waals surface area contributed by atoms with E-state index in [4.69, 9.17) is 0 Å². The number of unbranched alkanes of at least 4 members (excludes halogenated alkanes) is 1. The Hall–Kier alpha value is -1.41. The summed E-state index contributed by atoms with van der Waals surface area (Å²) >= 11 is 0. The Morgan fingerprint density at radius 2 is 1.95 bits per heavy atom. The standard InChI is InChI=1S/C18H26N2/c1-4-6-9-14(5-2)18(19-3)17-13-20-12-15-10-7-8-11-16(15)17/h7-8,10-14,18-19H,4-6,9H2,1-3H3. The number of fused-ring (bicyclic) bond motifs is 1. The largest absolute Gasteiger partial charge is 0.313 e. The zero-order valence-electron chi connectivity index (χ0n) is 12.9. The lowest BCUT2D eigenvalue weighted by atomic mass is 9.86. The van der Waals surface area contributed by atoms with Crippen LogP contribution in [0.5, 0.6) is 0 Å². The smallest absolute Gasteiger partial charge is 0.0367 e. The third-order valence-corrected chi connectivity index (χ3v) is 4.27. The van der Waals surface area contributed by atoms with E-state index in [0.717, 1.165) is 0 Å². The highest BCUT2D eigenvalue weighted by molar-refractivity contribution is 5.85. The Kier molecular flexibility index (Phi) is 5.54. The molecule has 0 saturated carbocycles. The van der Waals surface area contributed by atoms with Gasteiger partial charge in [0.05, 0.1) is 0 Å². The van der Waals surface area contributed by atoms with E-state index in [2.05, 4.69) is 55.5 Å². The predicted octanol–water partition coefficient (Wildman–Crippen LogP) is 4.71. The predicted molar refractivity (Wildman–Crippen MR) is 86.8 cm³/mol. The molecule has 0 aliphatic heterocycles. The van der Waals surface area contributed by atoms with E-state index < -0.39 is 0 Å². The van der Waals surface area contributed by atoms with Crippen molar-refractivity contribution in [2.24, 2.45) is 5.92 Å². The van der Waals surface area contributed by atoms with Crippen LogP contribution in [0.25, 0.3) is 10.8 Å². The molecule has 1 aromatic heterocycles. The Labute approximate surface area is 122 Å². The summed E-state index contributed by atoms with van der Waals surface area (Å²) in [6.45, 7) is 4.56. The van der Waals surface area contributed by atoms with Crippen molar-refractivity contribution in [2.75, 3.05) is 7.05 Å². The van der Waals surface area contributed by atoms with E-state index >= 15 is 0 Å². The molecule has 1 aromatic carbocycles. The molecule has 0 radical (unpaired) electrons.